The maximum Gasteiger partial charge on any atom is 0.228 e. The van der Waals surface area contributed by atoms with Crippen LogP contribution in [0.5, 0.6) is 11.6 Å². The molecule has 0 radical (unpaired) electrons. The molecule has 0 bridgehead atoms. The number of fused-ring (bicyclic) bond motifs is 1. The van der Waals surface area contributed by atoms with Crippen molar-refractivity contribution in [3.05, 3.63) is 83.8 Å². The third-order valence-electron chi connectivity index (χ3n) is 7.80. The number of morpholine rings is 1. The summed E-state index contributed by atoms with van der Waals surface area (Å²) in [4.78, 5) is 26.7. The van der Waals surface area contributed by atoms with Crippen LogP contribution in [0.1, 0.15) is 35.7 Å². The summed E-state index contributed by atoms with van der Waals surface area (Å²) < 4.78 is 26.3. The normalized spacial score (nSPS) is 16.4. The van der Waals surface area contributed by atoms with Crippen molar-refractivity contribution in [2.24, 2.45) is 5.92 Å². The van der Waals surface area contributed by atoms with E-state index in [9.17, 15) is 9.18 Å². The Labute approximate surface area is 233 Å². The van der Waals surface area contributed by atoms with Crippen molar-refractivity contribution in [2.75, 3.05) is 49.2 Å². The van der Waals surface area contributed by atoms with Crippen molar-refractivity contribution in [3.63, 3.8) is 0 Å². The first-order valence-electron chi connectivity index (χ1n) is 14.0. The smallest absolute Gasteiger partial charge is 0.228 e. The SMILES string of the molecule is CC1CCN(c2cc(F)cc(C(=O)Cc3ccc(Oc4ccnc(N5CCOCC5)n4)c4ccccc34)c2)CC1. The number of rotatable bonds is 7. The Morgan fingerprint density at radius 2 is 1.75 bits per heavy atom. The largest absolute Gasteiger partial charge is 0.438 e. The van der Waals surface area contributed by atoms with E-state index in [0.29, 0.717) is 42.3 Å². The number of anilines is 2. The van der Waals surface area contributed by atoms with Crippen LogP contribution < -0.4 is 14.5 Å². The number of nitrogens with zero attached hydrogens (tertiary/aromatic N) is 4. The molecule has 0 saturated carbocycles. The first kappa shape index (κ1) is 26.2. The van der Waals surface area contributed by atoms with E-state index in [1.165, 1.54) is 12.1 Å². The van der Waals surface area contributed by atoms with Crippen LogP contribution in [-0.2, 0) is 11.2 Å². The van der Waals surface area contributed by atoms with E-state index in [1.807, 2.05) is 42.5 Å². The fraction of sp³-hybridized carbons (Fsp3) is 0.344. The molecule has 2 fully saturated rings. The summed E-state index contributed by atoms with van der Waals surface area (Å²) in [6.07, 6.45) is 4.00. The van der Waals surface area contributed by atoms with Crippen molar-refractivity contribution >= 4 is 28.2 Å². The van der Waals surface area contributed by atoms with Crippen LogP contribution in [0.3, 0.4) is 0 Å². The number of Topliss-reactive ketones (excluding diaryl/α,β-unsaturated/α-hetero) is 1. The zero-order chi connectivity index (χ0) is 27.5. The molecular formula is C32H33FN4O3. The Morgan fingerprint density at radius 3 is 2.55 bits per heavy atom. The minimum atomic E-state index is -0.380. The average Bonchev–Trinajstić information content (AvgIpc) is 2.99. The molecule has 206 valence electrons. The zero-order valence-corrected chi connectivity index (χ0v) is 22.7. The summed E-state index contributed by atoms with van der Waals surface area (Å²) in [5.41, 5.74) is 2.04. The van der Waals surface area contributed by atoms with Gasteiger partial charge < -0.3 is 19.3 Å². The highest BCUT2D eigenvalue weighted by Crippen LogP contribution is 2.33. The lowest BCUT2D eigenvalue weighted by Gasteiger charge is -2.32. The van der Waals surface area contributed by atoms with Gasteiger partial charge in [0.1, 0.15) is 11.6 Å². The van der Waals surface area contributed by atoms with Gasteiger partial charge in [-0.05, 0) is 54.0 Å². The minimum Gasteiger partial charge on any atom is -0.438 e. The predicted molar refractivity (Wildman–Crippen MR) is 154 cm³/mol. The molecule has 0 aliphatic carbocycles. The van der Waals surface area contributed by atoms with Gasteiger partial charge in [-0.15, -0.1) is 0 Å². The van der Waals surface area contributed by atoms with E-state index >= 15 is 0 Å². The molecule has 0 spiro atoms. The Balaban J connectivity index is 1.23. The number of halogens is 1. The maximum absolute atomic E-state index is 14.6. The summed E-state index contributed by atoms with van der Waals surface area (Å²) >= 11 is 0. The quantitative estimate of drug-likeness (QED) is 0.264. The van der Waals surface area contributed by atoms with Crippen LogP contribution in [-0.4, -0.2) is 55.1 Å². The molecule has 40 heavy (non-hydrogen) atoms. The van der Waals surface area contributed by atoms with Crippen LogP contribution in [0.25, 0.3) is 10.8 Å². The lowest BCUT2D eigenvalue weighted by molar-refractivity contribution is 0.0993. The fourth-order valence-corrected chi connectivity index (χ4v) is 5.45. The predicted octanol–water partition coefficient (Wildman–Crippen LogP) is 6.06. The van der Waals surface area contributed by atoms with Crippen LogP contribution in [0.15, 0.2) is 66.9 Å². The van der Waals surface area contributed by atoms with Gasteiger partial charge in [0.25, 0.3) is 0 Å². The van der Waals surface area contributed by atoms with Gasteiger partial charge in [-0.3, -0.25) is 4.79 Å². The molecular weight excluding hydrogens is 507 g/mol. The van der Waals surface area contributed by atoms with E-state index in [0.717, 1.165) is 61.0 Å². The summed E-state index contributed by atoms with van der Waals surface area (Å²) in [5.74, 6) is 1.88. The van der Waals surface area contributed by atoms with E-state index in [-0.39, 0.29) is 18.0 Å². The van der Waals surface area contributed by atoms with Crippen molar-refractivity contribution in [1.29, 1.82) is 0 Å². The zero-order valence-electron chi connectivity index (χ0n) is 22.7. The number of ketones is 1. The van der Waals surface area contributed by atoms with Gasteiger partial charge in [0.15, 0.2) is 5.78 Å². The number of hydrogen-bond donors (Lipinski definition) is 0. The molecule has 4 aromatic rings. The van der Waals surface area contributed by atoms with E-state index < -0.39 is 0 Å². The highest BCUT2D eigenvalue weighted by molar-refractivity contribution is 6.01. The van der Waals surface area contributed by atoms with Gasteiger partial charge in [-0.25, -0.2) is 9.37 Å². The lowest BCUT2D eigenvalue weighted by atomic mass is 9.96. The fourth-order valence-electron chi connectivity index (χ4n) is 5.45. The number of carbonyl (C=O) groups is 1. The molecule has 0 atom stereocenters. The molecule has 2 aliphatic heterocycles. The van der Waals surface area contributed by atoms with Gasteiger partial charge in [0.2, 0.25) is 11.8 Å². The topological polar surface area (TPSA) is 67.8 Å². The molecule has 2 saturated heterocycles. The van der Waals surface area contributed by atoms with Gasteiger partial charge in [0, 0.05) is 61.5 Å². The molecule has 7 nitrogen and oxygen atoms in total. The summed E-state index contributed by atoms with van der Waals surface area (Å²) in [6, 6.07) is 18.1. The highest BCUT2D eigenvalue weighted by atomic mass is 19.1. The van der Waals surface area contributed by atoms with Crippen LogP contribution in [0, 0.1) is 11.7 Å². The second-order valence-electron chi connectivity index (χ2n) is 10.6. The molecule has 3 aromatic carbocycles. The van der Waals surface area contributed by atoms with E-state index in [1.54, 1.807) is 12.3 Å². The van der Waals surface area contributed by atoms with Crippen molar-refractivity contribution in [3.8, 4) is 11.6 Å². The monoisotopic (exact) mass is 540 g/mol. The Morgan fingerprint density at radius 1 is 0.975 bits per heavy atom. The summed E-state index contributed by atoms with van der Waals surface area (Å²) in [5, 5.41) is 1.79. The summed E-state index contributed by atoms with van der Waals surface area (Å²) in [7, 11) is 0. The number of benzene rings is 3. The second-order valence-corrected chi connectivity index (χ2v) is 10.6. The number of hydrogen-bond acceptors (Lipinski definition) is 7. The molecule has 0 N–H and O–H groups in total. The molecule has 6 rings (SSSR count). The third-order valence-corrected chi connectivity index (χ3v) is 7.80. The maximum atomic E-state index is 14.6. The molecule has 1 aromatic heterocycles. The van der Waals surface area contributed by atoms with Crippen molar-refractivity contribution < 1.29 is 18.7 Å². The van der Waals surface area contributed by atoms with E-state index in [4.69, 9.17) is 9.47 Å². The molecule has 2 aliphatic rings. The third kappa shape index (κ3) is 5.77. The van der Waals surface area contributed by atoms with Crippen molar-refractivity contribution in [1.82, 2.24) is 9.97 Å². The Kier molecular flexibility index (Phi) is 7.60. The first-order chi connectivity index (χ1) is 19.5. The average molecular weight is 541 g/mol. The molecule has 0 amide bonds. The standard InChI is InChI=1S/C32H33FN4O3/c1-22-9-12-36(13-10-22)26-19-24(18-25(33)21-26)29(38)20-23-6-7-30(28-5-3-2-4-27(23)28)40-31-8-11-34-32(35-31)37-14-16-39-17-15-37/h2-8,11,18-19,21-22H,9-10,12-17,20H2,1H3. The second kappa shape index (κ2) is 11.6. The first-order valence-corrected chi connectivity index (χ1v) is 14.0. The number of ether oxygens (including phenoxy) is 2. The van der Waals surface area contributed by atoms with Crippen LogP contribution in [0.4, 0.5) is 16.0 Å². The molecule has 3 heterocycles. The molecule has 0 unspecified atom stereocenters. The number of carbonyl (C=O) groups excluding carboxylic acids is 1. The Hall–Kier alpha value is -4.04. The van der Waals surface area contributed by atoms with Crippen LogP contribution >= 0.6 is 0 Å². The highest BCUT2D eigenvalue weighted by Gasteiger charge is 2.20. The van der Waals surface area contributed by atoms with E-state index in [2.05, 4.69) is 26.7 Å². The van der Waals surface area contributed by atoms with Crippen molar-refractivity contribution in [2.45, 2.75) is 26.2 Å². The van der Waals surface area contributed by atoms with Crippen LogP contribution in [0.2, 0.25) is 0 Å². The number of piperidine rings is 1. The minimum absolute atomic E-state index is 0.115. The van der Waals surface area contributed by atoms with Gasteiger partial charge >= 0.3 is 0 Å². The Bertz CT molecular complexity index is 1510. The van der Waals surface area contributed by atoms with Gasteiger partial charge in [-0.1, -0.05) is 37.3 Å². The van der Waals surface area contributed by atoms with Gasteiger partial charge in [-0.2, -0.15) is 4.98 Å². The summed E-state index contributed by atoms with van der Waals surface area (Å²) in [6.45, 7) is 6.77. The molecule has 8 heteroatoms. The van der Waals surface area contributed by atoms with Gasteiger partial charge in [0.05, 0.1) is 13.2 Å². The number of aromatic nitrogens is 2. The lowest BCUT2D eigenvalue weighted by Crippen LogP contribution is -2.37.